The molecule has 5 heteroatoms. The van der Waals surface area contributed by atoms with Crippen molar-refractivity contribution in [2.45, 2.75) is 18.1 Å². The Balaban J connectivity index is 2.11. The molecule has 0 bridgehead atoms. The predicted molar refractivity (Wildman–Crippen MR) is 71.5 cm³/mol. The molecule has 0 spiro atoms. The van der Waals surface area contributed by atoms with E-state index in [9.17, 15) is 4.79 Å². The number of carbonyl (C=O) groups is 1. The molecule has 1 heterocycles. The zero-order valence-corrected chi connectivity index (χ0v) is 10.5. The molecule has 1 atom stereocenters. The normalized spacial score (nSPS) is 19.0. The summed E-state index contributed by atoms with van der Waals surface area (Å²) in [4.78, 5) is 12.0. The number of nitrogens with two attached hydrogens (primary N) is 1. The average molecular weight is 252 g/mol. The Morgan fingerprint density at radius 3 is 3.06 bits per heavy atom. The fourth-order valence-corrected chi connectivity index (χ4v) is 2.98. The lowest BCUT2D eigenvalue weighted by Gasteiger charge is -2.13. The van der Waals surface area contributed by atoms with Gasteiger partial charge in [0, 0.05) is 5.69 Å². The van der Waals surface area contributed by atoms with Crippen LogP contribution < -0.4 is 15.8 Å². The van der Waals surface area contributed by atoms with Crippen molar-refractivity contribution in [3.63, 3.8) is 0 Å². The van der Waals surface area contributed by atoms with Gasteiger partial charge in [-0.2, -0.15) is 0 Å². The van der Waals surface area contributed by atoms with Crippen LogP contribution in [0.4, 0.5) is 11.4 Å². The number of thioether (sulfide) groups is 1. The van der Waals surface area contributed by atoms with Gasteiger partial charge in [0.2, 0.25) is 5.91 Å². The number of hydrogen-bond donors (Lipinski definition) is 2. The number of nitrogen functional groups attached to an aromatic ring is 1. The molecule has 0 aliphatic carbocycles. The minimum absolute atomic E-state index is 0.0383. The molecule has 1 unspecified atom stereocenters. The average Bonchev–Trinajstić information content (AvgIpc) is 2.83. The van der Waals surface area contributed by atoms with Crippen molar-refractivity contribution in [1.29, 1.82) is 0 Å². The fourth-order valence-electron chi connectivity index (χ4n) is 1.82. The predicted octanol–water partition coefficient (Wildman–Crippen LogP) is 2.11. The zero-order chi connectivity index (χ0) is 12.3. The summed E-state index contributed by atoms with van der Waals surface area (Å²) >= 11 is 1.70. The number of methoxy groups -OCH3 is 1. The molecule has 1 saturated heterocycles. The summed E-state index contributed by atoms with van der Waals surface area (Å²) in [6, 6.07) is 5.22. The molecule has 92 valence electrons. The van der Waals surface area contributed by atoms with Gasteiger partial charge in [0.05, 0.1) is 18.0 Å². The maximum absolute atomic E-state index is 12.0. The van der Waals surface area contributed by atoms with Crippen LogP contribution in [0.5, 0.6) is 5.75 Å². The molecule has 0 radical (unpaired) electrons. The topological polar surface area (TPSA) is 64.3 Å². The molecule has 1 amide bonds. The van der Waals surface area contributed by atoms with Gasteiger partial charge in [-0.05, 0) is 36.8 Å². The Kier molecular flexibility index (Phi) is 3.78. The molecule has 1 aliphatic heterocycles. The number of anilines is 2. The summed E-state index contributed by atoms with van der Waals surface area (Å²) < 4.78 is 5.19. The highest BCUT2D eigenvalue weighted by molar-refractivity contribution is 8.00. The van der Waals surface area contributed by atoms with E-state index in [0.29, 0.717) is 17.1 Å². The number of benzene rings is 1. The van der Waals surface area contributed by atoms with Gasteiger partial charge in [0.25, 0.3) is 0 Å². The van der Waals surface area contributed by atoms with Crippen molar-refractivity contribution in [3.8, 4) is 5.75 Å². The highest BCUT2D eigenvalue weighted by Gasteiger charge is 2.24. The minimum Gasteiger partial charge on any atom is -0.495 e. The number of ether oxygens (including phenoxy) is 1. The number of nitrogens with one attached hydrogen (secondary N) is 1. The Bertz CT molecular complexity index is 417. The van der Waals surface area contributed by atoms with Gasteiger partial charge in [-0.3, -0.25) is 4.79 Å². The SMILES string of the molecule is COc1ccc(N)cc1NC(=O)C1CCCS1. The molecule has 2 rings (SSSR count). The molecule has 1 fully saturated rings. The van der Waals surface area contributed by atoms with Gasteiger partial charge in [-0.1, -0.05) is 0 Å². The largest absolute Gasteiger partial charge is 0.495 e. The summed E-state index contributed by atoms with van der Waals surface area (Å²) in [5.41, 5.74) is 6.95. The van der Waals surface area contributed by atoms with Crippen LogP contribution in [0.25, 0.3) is 0 Å². The van der Waals surface area contributed by atoms with Crippen LogP contribution in [0.2, 0.25) is 0 Å². The highest BCUT2D eigenvalue weighted by Crippen LogP contribution is 2.30. The van der Waals surface area contributed by atoms with Crippen molar-refractivity contribution in [3.05, 3.63) is 18.2 Å². The molecule has 1 aliphatic rings. The number of carbonyl (C=O) groups excluding carboxylic acids is 1. The van der Waals surface area contributed by atoms with Gasteiger partial charge in [0.1, 0.15) is 5.75 Å². The monoisotopic (exact) mass is 252 g/mol. The van der Waals surface area contributed by atoms with Crippen molar-refractivity contribution in [2.75, 3.05) is 23.9 Å². The second-order valence-electron chi connectivity index (χ2n) is 3.95. The quantitative estimate of drug-likeness (QED) is 0.809. The van der Waals surface area contributed by atoms with E-state index in [4.69, 9.17) is 10.5 Å². The van der Waals surface area contributed by atoms with E-state index < -0.39 is 0 Å². The summed E-state index contributed by atoms with van der Waals surface area (Å²) in [5, 5.41) is 2.94. The number of rotatable bonds is 3. The molecule has 4 nitrogen and oxygen atoms in total. The molecule has 0 saturated carbocycles. The van der Waals surface area contributed by atoms with Crippen LogP contribution in [0, 0.1) is 0 Å². The molecule has 17 heavy (non-hydrogen) atoms. The van der Waals surface area contributed by atoms with E-state index in [0.717, 1.165) is 18.6 Å². The lowest BCUT2D eigenvalue weighted by Crippen LogP contribution is -2.23. The van der Waals surface area contributed by atoms with Crippen molar-refractivity contribution >= 4 is 29.0 Å². The van der Waals surface area contributed by atoms with Gasteiger partial charge in [0.15, 0.2) is 0 Å². The van der Waals surface area contributed by atoms with Gasteiger partial charge in [-0.25, -0.2) is 0 Å². The van der Waals surface area contributed by atoms with Crippen LogP contribution in [-0.4, -0.2) is 24.0 Å². The smallest absolute Gasteiger partial charge is 0.237 e. The second-order valence-corrected chi connectivity index (χ2v) is 5.26. The first-order valence-corrected chi connectivity index (χ1v) is 6.61. The first-order chi connectivity index (χ1) is 8.20. The van der Waals surface area contributed by atoms with E-state index in [-0.39, 0.29) is 11.2 Å². The Morgan fingerprint density at radius 2 is 2.41 bits per heavy atom. The van der Waals surface area contributed by atoms with E-state index in [1.807, 2.05) is 0 Å². The lowest BCUT2D eigenvalue weighted by molar-refractivity contribution is -0.115. The maximum atomic E-state index is 12.0. The van der Waals surface area contributed by atoms with E-state index >= 15 is 0 Å². The molecular weight excluding hydrogens is 236 g/mol. The Labute approximate surface area is 105 Å². The summed E-state index contributed by atoms with van der Waals surface area (Å²) in [5.74, 6) is 1.73. The molecule has 1 aromatic carbocycles. The third kappa shape index (κ3) is 2.85. The Hall–Kier alpha value is -1.36. The van der Waals surface area contributed by atoms with Gasteiger partial charge < -0.3 is 15.8 Å². The second kappa shape index (κ2) is 5.31. The molecule has 1 aromatic rings. The van der Waals surface area contributed by atoms with Crippen molar-refractivity contribution in [2.24, 2.45) is 0 Å². The first-order valence-electron chi connectivity index (χ1n) is 5.56. The number of amides is 1. The van der Waals surface area contributed by atoms with Crippen LogP contribution in [0.1, 0.15) is 12.8 Å². The summed E-state index contributed by atoms with van der Waals surface area (Å²) in [6.07, 6.45) is 2.05. The minimum atomic E-state index is 0.0383. The molecular formula is C12H16N2O2S. The third-order valence-corrected chi connectivity index (χ3v) is 4.08. The van der Waals surface area contributed by atoms with Crippen LogP contribution in [0.15, 0.2) is 18.2 Å². The highest BCUT2D eigenvalue weighted by atomic mass is 32.2. The van der Waals surface area contributed by atoms with Crippen LogP contribution >= 0.6 is 11.8 Å². The van der Waals surface area contributed by atoms with Crippen molar-refractivity contribution in [1.82, 2.24) is 0 Å². The van der Waals surface area contributed by atoms with E-state index in [2.05, 4.69) is 5.32 Å². The van der Waals surface area contributed by atoms with E-state index in [1.165, 1.54) is 0 Å². The summed E-state index contributed by atoms with van der Waals surface area (Å²) in [7, 11) is 1.57. The first kappa shape index (κ1) is 12.1. The van der Waals surface area contributed by atoms with E-state index in [1.54, 1.807) is 37.1 Å². The standard InChI is InChI=1S/C12H16N2O2S/c1-16-10-5-4-8(13)7-9(10)14-12(15)11-3-2-6-17-11/h4-5,7,11H,2-3,6,13H2,1H3,(H,14,15). The van der Waals surface area contributed by atoms with Gasteiger partial charge in [-0.15, -0.1) is 11.8 Å². The molecule has 3 N–H and O–H groups in total. The lowest BCUT2D eigenvalue weighted by atomic mass is 10.2. The number of hydrogen-bond acceptors (Lipinski definition) is 4. The summed E-state index contributed by atoms with van der Waals surface area (Å²) in [6.45, 7) is 0. The van der Waals surface area contributed by atoms with Crippen LogP contribution in [0.3, 0.4) is 0 Å². The molecule has 0 aromatic heterocycles. The Morgan fingerprint density at radius 1 is 1.59 bits per heavy atom. The third-order valence-electron chi connectivity index (χ3n) is 2.70. The van der Waals surface area contributed by atoms with Crippen LogP contribution in [-0.2, 0) is 4.79 Å². The van der Waals surface area contributed by atoms with Crippen molar-refractivity contribution < 1.29 is 9.53 Å². The zero-order valence-electron chi connectivity index (χ0n) is 9.73. The maximum Gasteiger partial charge on any atom is 0.237 e. The van der Waals surface area contributed by atoms with Gasteiger partial charge >= 0.3 is 0 Å². The fraction of sp³-hybridized carbons (Fsp3) is 0.417.